The highest BCUT2D eigenvalue weighted by atomic mass is 16.5. The maximum absolute atomic E-state index is 12.0. The summed E-state index contributed by atoms with van der Waals surface area (Å²) < 4.78 is 10.9. The minimum atomic E-state index is -0.508. The molecule has 1 atom stereocenters. The molecule has 0 bridgehead atoms. The average Bonchev–Trinajstić information content (AvgIpc) is 2.57. The van der Waals surface area contributed by atoms with Crippen molar-refractivity contribution in [2.45, 2.75) is 18.8 Å². The van der Waals surface area contributed by atoms with Crippen molar-refractivity contribution >= 4 is 5.91 Å². The van der Waals surface area contributed by atoms with Crippen LogP contribution in [0.4, 0.5) is 0 Å². The molecular weight excluding hydrogens is 290 g/mol. The number of benzene rings is 2. The molecule has 122 valence electrons. The van der Waals surface area contributed by atoms with Gasteiger partial charge in [0.1, 0.15) is 5.75 Å². The van der Waals surface area contributed by atoms with E-state index < -0.39 is 5.92 Å². The Labute approximate surface area is 137 Å². The quantitative estimate of drug-likeness (QED) is 0.724. The molecule has 0 fully saturated rings. The van der Waals surface area contributed by atoms with E-state index in [4.69, 9.17) is 15.2 Å². The van der Waals surface area contributed by atoms with E-state index in [1.54, 1.807) is 7.11 Å². The lowest BCUT2D eigenvalue weighted by Gasteiger charge is -2.18. The van der Waals surface area contributed by atoms with Crippen LogP contribution in [0.1, 0.15) is 29.9 Å². The van der Waals surface area contributed by atoms with Gasteiger partial charge in [-0.3, -0.25) is 4.79 Å². The molecule has 0 aliphatic carbocycles. The molecule has 2 N–H and O–H groups in total. The largest absolute Gasteiger partial charge is 0.493 e. The van der Waals surface area contributed by atoms with Gasteiger partial charge in [-0.2, -0.15) is 0 Å². The first-order chi connectivity index (χ1) is 11.2. The van der Waals surface area contributed by atoms with Gasteiger partial charge in [0, 0.05) is 19.3 Å². The Morgan fingerprint density at radius 2 is 1.65 bits per heavy atom. The smallest absolute Gasteiger partial charge is 0.229 e. The van der Waals surface area contributed by atoms with Crippen molar-refractivity contribution < 1.29 is 14.3 Å². The van der Waals surface area contributed by atoms with Crippen molar-refractivity contribution in [1.29, 1.82) is 0 Å². The van der Waals surface area contributed by atoms with E-state index in [0.717, 1.165) is 30.6 Å². The van der Waals surface area contributed by atoms with E-state index in [2.05, 4.69) is 0 Å². The number of hydrogen-bond acceptors (Lipinski definition) is 3. The van der Waals surface area contributed by atoms with Gasteiger partial charge in [0.25, 0.3) is 0 Å². The average molecular weight is 313 g/mol. The van der Waals surface area contributed by atoms with Crippen LogP contribution in [0.3, 0.4) is 0 Å². The summed E-state index contributed by atoms with van der Waals surface area (Å²) in [6.45, 7) is 1.31. The summed E-state index contributed by atoms with van der Waals surface area (Å²) in [6.07, 6.45) is 1.84. The molecule has 4 heteroatoms. The van der Waals surface area contributed by atoms with Crippen molar-refractivity contribution in [3.05, 3.63) is 65.7 Å². The highest BCUT2D eigenvalue weighted by molar-refractivity contribution is 5.86. The van der Waals surface area contributed by atoms with Gasteiger partial charge in [-0.25, -0.2) is 0 Å². The molecule has 0 saturated heterocycles. The van der Waals surface area contributed by atoms with Gasteiger partial charge >= 0.3 is 0 Å². The van der Waals surface area contributed by atoms with Gasteiger partial charge in [-0.05, 0) is 24.5 Å². The Bertz CT molecular complexity index is 613. The molecule has 4 nitrogen and oxygen atoms in total. The number of hydrogen-bond donors (Lipinski definition) is 1. The maximum atomic E-state index is 12.0. The summed E-state index contributed by atoms with van der Waals surface area (Å²) in [5.74, 6) is -0.185. The minimum absolute atomic E-state index is 0.383. The first-order valence-corrected chi connectivity index (χ1v) is 7.79. The number of rotatable bonds is 9. The van der Waals surface area contributed by atoms with Crippen LogP contribution in [0.2, 0.25) is 0 Å². The van der Waals surface area contributed by atoms with Gasteiger partial charge in [0.2, 0.25) is 5.91 Å². The molecule has 0 aliphatic heterocycles. The fraction of sp³-hybridized carbons (Fsp3) is 0.316. The number of carbonyl (C=O) groups excluding carboxylic acids is 1. The highest BCUT2D eigenvalue weighted by Gasteiger charge is 2.23. The van der Waals surface area contributed by atoms with E-state index in [9.17, 15) is 4.79 Å². The minimum Gasteiger partial charge on any atom is -0.493 e. The normalized spacial score (nSPS) is 11.9. The van der Waals surface area contributed by atoms with Crippen LogP contribution >= 0.6 is 0 Å². The molecule has 23 heavy (non-hydrogen) atoms. The third-order valence-corrected chi connectivity index (χ3v) is 3.65. The Morgan fingerprint density at radius 3 is 2.35 bits per heavy atom. The second kappa shape index (κ2) is 8.96. The number of nitrogens with two attached hydrogens (primary N) is 1. The van der Waals surface area contributed by atoms with Gasteiger partial charge in [-0.1, -0.05) is 48.5 Å². The monoisotopic (exact) mass is 313 g/mol. The van der Waals surface area contributed by atoms with E-state index in [1.165, 1.54) is 0 Å². The predicted octanol–water partition coefficient (Wildman–Crippen LogP) is 3.11. The molecule has 1 amide bonds. The van der Waals surface area contributed by atoms with Crippen molar-refractivity contribution in [2.75, 3.05) is 20.3 Å². The zero-order chi connectivity index (χ0) is 16.5. The number of amides is 1. The molecule has 2 aromatic rings. The SMILES string of the molecule is COCCCCOc1ccccc1C(C(N)=O)c1ccccc1. The Morgan fingerprint density at radius 1 is 1.00 bits per heavy atom. The first-order valence-electron chi connectivity index (χ1n) is 7.79. The summed E-state index contributed by atoms with van der Waals surface area (Å²) in [6, 6.07) is 17.1. The molecule has 2 aromatic carbocycles. The first kappa shape index (κ1) is 17.0. The molecule has 0 radical (unpaired) electrons. The second-order valence-corrected chi connectivity index (χ2v) is 5.33. The standard InChI is InChI=1S/C19H23NO3/c1-22-13-7-8-14-23-17-12-6-5-11-16(17)18(19(20)21)15-9-3-2-4-10-15/h2-6,9-12,18H,7-8,13-14H2,1H3,(H2,20,21). The number of ether oxygens (including phenoxy) is 2. The van der Waals surface area contributed by atoms with Crippen LogP contribution in [-0.2, 0) is 9.53 Å². The van der Waals surface area contributed by atoms with E-state index in [0.29, 0.717) is 12.4 Å². The molecular formula is C19H23NO3. The fourth-order valence-corrected chi connectivity index (χ4v) is 2.52. The van der Waals surface area contributed by atoms with Crippen LogP contribution in [0.25, 0.3) is 0 Å². The molecule has 2 rings (SSSR count). The predicted molar refractivity (Wildman–Crippen MR) is 90.5 cm³/mol. The van der Waals surface area contributed by atoms with Gasteiger partial charge in [0.15, 0.2) is 0 Å². The Kier molecular flexibility index (Phi) is 6.63. The highest BCUT2D eigenvalue weighted by Crippen LogP contribution is 2.31. The number of methoxy groups -OCH3 is 1. The van der Waals surface area contributed by atoms with E-state index in [1.807, 2.05) is 54.6 Å². The lowest BCUT2D eigenvalue weighted by Crippen LogP contribution is -2.23. The molecule has 0 heterocycles. The number of primary amides is 1. The fourth-order valence-electron chi connectivity index (χ4n) is 2.52. The lowest BCUT2D eigenvalue weighted by atomic mass is 9.90. The van der Waals surface area contributed by atoms with Crippen molar-refractivity contribution in [2.24, 2.45) is 5.73 Å². The lowest BCUT2D eigenvalue weighted by molar-refractivity contribution is -0.118. The molecule has 1 unspecified atom stereocenters. The van der Waals surface area contributed by atoms with Crippen LogP contribution < -0.4 is 10.5 Å². The second-order valence-electron chi connectivity index (χ2n) is 5.33. The van der Waals surface area contributed by atoms with Crippen LogP contribution in [0.5, 0.6) is 5.75 Å². The number of unbranched alkanes of at least 4 members (excludes halogenated alkanes) is 1. The van der Waals surface area contributed by atoms with Crippen LogP contribution in [0.15, 0.2) is 54.6 Å². The zero-order valence-corrected chi connectivity index (χ0v) is 13.4. The van der Waals surface area contributed by atoms with Gasteiger partial charge in [0.05, 0.1) is 12.5 Å². The van der Waals surface area contributed by atoms with E-state index in [-0.39, 0.29) is 5.91 Å². The summed E-state index contributed by atoms with van der Waals surface area (Å²) in [5.41, 5.74) is 7.33. The van der Waals surface area contributed by atoms with Crippen molar-refractivity contribution in [1.82, 2.24) is 0 Å². The molecule has 0 saturated carbocycles. The maximum Gasteiger partial charge on any atom is 0.229 e. The van der Waals surface area contributed by atoms with E-state index >= 15 is 0 Å². The summed E-state index contributed by atoms with van der Waals surface area (Å²) in [4.78, 5) is 12.0. The zero-order valence-electron chi connectivity index (χ0n) is 13.4. The molecule has 0 aliphatic rings. The van der Waals surface area contributed by atoms with Crippen LogP contribution in [-0.4, -0.2) is 26.2 Å². The summed E-state index contributed by atoms with van der Waals surface area (Å²) >= 11 is 0. The molecule has 0 aromatic heterocycles. The topological polar surface area (TPSA) is 61.6 Å². The third-order valence-electron chi connectivity index (χ3n) is 3.65. The van der Waals surface area contributed by atoms with Crippen molar-refractivity contribution in [3.63, 3.8) is 0 Å². The van der Waals surface area contributed by atoms with Crippen molar-refractivity contribution in [3.8, 4) is 5.75 Å². The third kappa shape index (κ3) is 4.83. The van der Waals surface area contributed by atoms with Gasteiger partial charge in [-0.15, -0.1) is 0 Å². The Hall–Kier alpha value is -2.33. The summed E-state index contributed by atoms with van der Waals surface area (Å²) in [7, 11) is 1.69. The van der Waals surface area contributed by atoms with Crippen LogP contribution in [0, 0.1) is 0 Å². The summed E-state index contributed by atoms with van der Waals surface area (Å²) in [5, 5.41) is 0. The molecule has 0 spiro atoms. The van der Waals surface area contributed by atoms with Gasteiger partial charge < -0.3 is 15.2 Å². The Balaban J connectivity index is 2.18. The number of para-hydroxylation sites is 1. The number of carbonyl (C=O) groups is 1.